The van der Waals surface area contributed by atoms with Crippen molar-refractivity contribution in [2.24, 2.45) is 0 Å². The summed E-state index contributed by atoms with van der Waals surface area (Å²) in [6.45, 7) is 2.18. The average molecular weight is 247 g/mol. The summed E-state index contributed by atoms with van der Waals surface area (Å²) in [6, 6.07) is 6.65. The number of nitrogens with zero attached hydrogens (tertiary/aromatic N) is 1. The molecular formula is C13H13NO4. The minimum atomic E-state index is -1.22. The molecule has 5 nitrogen and oxygen atoms in total. The Morgan fingerprint density at radius 1 is 1.44 bits per heavy atom. The van der Waals surface area contributed by atoms with E-state index in [9.17, 15) is 9.59 Å². The molecular weight excluding hydrogens is 234 g/mol. The Balaban J connectivity index is 2.97. The minimum absolute atomic E-state index is 0.224. The maximum Gasteiger partial charge on any atom is 0.341 e. The van der Waals surface area contributed by atoms with Gasteiger partial charge in [-0.05, 0) is 19.1 Å². The number of methoxy groups -OCH3 is 1. The third-order valence-electron chi connectivity index (χ3n) is 2.84. The molecule has 0 amide bonds. The van der Waals surface area contributed by atoms with Crippen LogP contribution in [0.25, 0.3) is 10.9 Å². The van der Waals surface area contributed by atoms with Crippen molar-refractivity contribution < 1.29 is 14.6 Å². The largest absolute Gasteiger partial charge is 0.495 e. The number of aromatic nitrogens is 1. The molecule has 0 atom stereocenters. The van der Waals surface area contributed by atoms with E-state index in [4.69, 9.17) is 9.84 Å². The van der Waals surface area contributed by atoms with Crippen LogP contribution in [0.3, 0.4) is 0 Å². The molecule has 0 aliphatic carbocycles. The van der Waals surface area contributed by atoms with E-state index in [1.165, 1.54) is 17.7 Å². The fraction of sp³-hybridized carbons (Fsp3) is 0.231. The second kappa shape index (κ2) is 4.52. The third kappa shape index (κ3) is 1.73. The number of benzene rings is 1. The van der Waals surface area contributed by atoms with Crippen LogP contribution in [0.5, 0.6) is 5.75 Å². The fourth-order valence-electron chi connectivity index (χ4n) is 2.03. The van der Waals surface area contributed by atoms with Gasteiger partial charge in [-0.3, -0.25) is 4.79 Å². The highest BCUT2D eigenvalue weighted by atomic mass is 16.5. The number of hydrogen-bond acceptors (Lipinski definition) is 3. The van der Waals surface area contributed by atoms with Gasteiger partial charge in [0.2, 0.25) is 0 Å². The first-order chi connectivity index (χ1) is 8.60. The Bertz CT molecular complexity index is 672. The Labute approximate surface area is 103 Å². The second-order valence-corrected chi connectivity index (χ2v) is 3.81. The summed E-state index contributed by atoms with van der Waals surface area (Å²) in [4.78, 5) is 23.1. The molecule has 1 N–H and O–H groups in total. The molecule has 0 unspecified atom stereocenters. The first kappa shape index (κ1) is 12.2. The molecule has 0 aliphatic heterocycles. The van der Waals surface area contributed by atoms with Crippen LogP contribution in [0.1, 0.15) is 17.3 Å². The van der Waals surface area contributed by atoms with E-state index in [-0.39, 0.29) is 5.56 Å². The number of aryl methyl sites for hydroxylation is 1. The molecule has 1 heterocycles. The van der Waals surface area contributed by atoms with E-state index in [0.29, 0.717) is 23.2 Å². The Kier molecular flexibility index (Phi) is 3.06. The van der Waals surface area contributed by atoms with Crippen LogP contribution >= 0.6 is 0 Å². The number of carbonyl (C=O) groups is 1. The van der Waals surface area contributed by atoms with Gasteiger partial charge in [-0.2, -0.15) is 0 Å². The van der Waals surface area contributed by atoms with Crippen LogP contribution in [0.15, 0.2) is 29.1 Å². The summed E-state index contributed by atoms with van der Waals surface area (Å²) in [5, 5.41) is 9.70. The van der Waals surface area contributed by atoms with Gasteiger partial charge in [0.1, 0.15) is 11.3 Å². The number of pyridine rings is 1. The summed E-state index contributed by atoms with van der Waals surface area (Å²) >= 11 is 0. The molecule has 0 saturated carbocycles. The molecule has 1 aromatic heterocycles. The standard InChI is InChI=1S/C13H13NO4/c1-3-14-11-8(5-4-6-10(11)18-2)7-9(12(14)15)13(16)17/h4-7H,3H2,1-2H3,(H,16,17). The van der Waals surface area contributed by atoms with Gasteiger partial charge in [0.25, 0.3) is 5.56 Å². The van der Waals surface area contributed by atoms with Crippen molar-refractivity contribution in [3.63, 3.8) is 0 Å². The molecule has 94 valence electrons. The van der Waals surface area contributed by atoms with Crippen molar-refractivity contribution in [3.05, 3.63) is 40.2 Å². The third-order valence-corrected chi connectivity index (χ3v) is 2.84. The number of carboxylic acid groups (broad SMARTS) is 1. The Morgan fingerprint density at radius 3 is 2.72 bits per heavy atom. The monoisotopic (exact) mass is 247 g/mol. The van der Waals surface area contributed by atoms with Crippen molar-refractivity contribution in [1.29, 1.82) is 0 Å². The lowest BCUT2D eigenvalue weighted by Gasteiger charge is -2.12. The molecule has 1 aromatic carbocycles. The van der Waals surface area contributed by atoms with Gasteiger partial charge in [0, 0.05) is 11.9 Å². The predicted octanol–water partition coefficient (Wildman–Crippen LogP) is 1.73. The zero-order chi connectivity index (χ0) is 13.3. The van der Waals surface area contributed by atoms with Crippen molar-refractivity contribution in [2.75, 3.05) is 7.11 Å². The normalized spacial score (nSPS) is 10.6. The lowest BCUT2D eigenvalue weighted by atomic mass is 10.1. The summed E-state index contributed by atoms with van der Waals surface area (Å²) in [5.41, 5.74) is -0.114. The van der Waals surface area contributed by atoms with Gasteiger partial charge in [-0.25, -0.2) is 4.79 Å². The highest BCUT2D eigenvalue weighted by Crippen LogP contribution is 2.24. The van der Waals surface area contributed by atoms with Gasteiger partial charge in [-0.1, -0.05) is 12.1 Å². The first-order valence-electron chi connectivity index (χ1n) is 5.54. The molecule has 0 saturated heterocycles. The molecule has 2 rings (SSSR count). The number of fused-ring (bicyclic) bond motifs is 1. The smallest absolute Gasteiger partial charge is 0.341 e. The highest BCUT2D eigenvalue weighted by Gasteiger charge is 2.15. The number of hydrogen-bond donors (Lipinski definition) is 1. The zero-order valence-electron chi connectivity index (χ0n) is 10.1. The van der Waals surface area contributed by atoms with Gasteiger partial charge in [-0.15, -0.1) is 0 Å². The molecule has 5 heteroatoms. The van der Waals surface area contributed by atoms with Crippen molar-refractivity contribution >= 4 is 16.9 Å². The van der Waals surface area contributed by atoms with Crippen LogP contribution < -0.4 is 10.3 Å². The molecule has 0 spiro atoms. The molecule has 2 aromatic rings. The molecule has 0 radical (unpaired) electrons. The Hall–Kier alpha value is -2.30. The van der Waals surface area contributed by atoms with E-state index in [0.717, 1.165) is 0 Å². The van der Waals surface area contributed by atoms with E-state index in [2.05, 4.69) is 0 Å². The summed E-state index contributed by atoms with van der Waals surface area (Å²) in [6.07, 6.45) is 0. The highest BCUT2D eigenvalue weighted by molar-refractivity contribution is 5.94. The van der Waals surface area contributed by atoms with Gasteiger partial charge in [0.05, 0.1) is 12.6 Å². The van der Waals surface area contributed by atoms with Crippen LogP contribution in [-0.4, -0.2) is 22.8 Å². The van der Waals surface area contributed by atoms with Crippen LogP contribution in [0, 0.1) is 0 Å². The molecule has 18 heavy (non-hydrogen) atoms. The topological polar surface area (TPSA) is 68.5 Å². The van der Waals surface area contributed by atoms with E-state index in [1.807, 2.05) is 0 Å². The zero-order valence-corrected chi connectivity index (χ0v) is 10.1. The lowest BCUT2D eigenvalue weighted by Crippen LogP contribution is -2.26. The molecule has 0 bridgehead atoms. The van der Waals surface area contributed by atoms with Crippen molar-refractivity contribution in [2.45, 2.75) is 13.5 Å². The van der Waals surface area contributed by atoms with Crippen molar-refractivity contribution in [3.8, 4) is 5.75 Å². The molecule has 0 aliphatic rings. The minimum Gasteiger partial charge on any atom is -0.495 e. The van der Waals surface area contributed by atoms with E-state index >= 15 is 0 Å². The summed E-state index contributed by atoms with van der Waals surface area (Å²) in [5.74, 6) is -0.657. The quantitative estimate of drug-likeness (QED) is 0.896. The average Bonchev–Trinajstić information content (AvgIpc) is 2.37. The SMILES string of the molecule is CCn1c(=O)c(C(=O)O)cc2cccc(OC)c21. The Morgan fingerprint density at radius 2 is 2.17 bits per heavy atom. The summed E-state index contributed by atoms with van der Waals surface area (Å²) in [7, 11) is 1.52. The lowest BCUT2D eigenvalue weighted by molar-refractivity contribution is 0.0694. The maximum atomic E-state index is 12.1. The van der Waals surface area contributed by atoms with Crippen LogP contribution in [0.2, 0.25) is 0 Å². The molecule has 0 fully saturated rings. The number of carboxylic acids is 1. The number of aromatic carboxylic acids is 1. The van der Waals surface area contributed by atoms with Crippen LogP contribution in [-0.2, 0) is 6.54 Å². The number of ether oxygens (including phenoxy) is 1. The van der Waals surface area contributed by atoms with E-state index < -0.39 is 11.5 Å². The van der Waals surface area contributed by atoms with Crippen molar-refractivity contribution in [1.82, 2.24) is 4.57 Å². The summed E-state index contributed by atoms with van der Waals surface area (Å²) < 4.78 is 6.63. The number of rotatable bonds is 3. The van der Waals surface area contributed by atoms with Gasteiger partial charge < -0.3 is 14.4 Å². The van der Waals surface area contributed by atoms with Gasteiger partial charge >= 0.3 is 5.97 Å². The second-order valence-electron chi connectivity index (χ2n) is 3.81. The van der Waals surface area contributed by atoms with Gasteiger partial charge in [0.15, 0.2) is 0 Å². The van der Waals surface area contributed by atoms with E-state index in [1.54, 1.807) is 25.1 Å². The first-order valence-corrected chi connectivity index (χ1v) is 5.54. The predicted molar refractivity (Wildman–Crippen MR) is 67.4 cm³/mol. The maximum absolute atomic E-state index is 12.1. The fourth-order valence-corrected chi connectivity index (χ4v) is 2.03. The van der Waals surface area contributed by atoms with Crippen LogP contribution in [0.4, 0.5) is 0 Å². The number of para-hydroxylation sites is 1.